The molecule has 0 spiro atoms. The van der Waals surface area contributed by atoms with E-state index in [1.807, 2.05) is 24.3 Å². The Morgan fingerprint density at radius 1 is 1.15 bits per heavy atom. The van der Waals surface area contributed by atoms with Crippen LogP contribution >= 0.6 is 0 Å². The van der Waals surface area contributed by atoms with Crippen LogP contribution in [0.15, 0.2) is 49.3 Å². The molecule has 0 unspecified atom stereocenters. The molecular formula is C19H24N6O. The van der Waals surface area contributed by atoms with Crippen molar-refractivity contribution < 1.29 is 4.79 Å². The fraction of sp³-hybridized carbons (Fsp3) is 0.316. The average Bonchev–Trinajstić information content (AvgIpc) is 2.68. The minimum absolute atomic E-state index is 0.275. The number of carbonyl (C=O) groups is 1. The molecule has 0 bridgehead atoms. The van der Waals surface area contributed by atoms with Gasteiger partial charge in [-0.2, -0.15) is 0 Å². The molecule has 136 valence electrons. The number of carbonyl (C=O) groups excluding carboxylic acids is 1. The third-order valence-electron chi connectivity index (χ3n) is 4.31. The largest absolute Gasteiger partial charge is 0.369 e. The molecular weight excluding hydrogens is 328 g/mol. The standard InChI is InChI=1S/C19H24N6O/c1-3-8-20-18-14-21-17(13-22-18)19(26)23-15-4-6-16(7-5-15)25-11-9-24(2)10-12-25/h3-7,13-14H,1,8-12H2,2H3,(H,20,22)(H,23,26). The van der Waals surface area contributed by atoms with Crippen molar-refractivity contribution in [3.8, 4) is 0 Å². The molecule has 0 atom stereocenters. The minimum Gasteiger partial charge on any atom is -0.369 e. The van der Waals surface area contributed by atoms with Gasteiger partial charge in [0.05, 0.1) is 12.4 Å². The smallest absolute Gasteiger partial charge is 0.275 e. The lowest BCUT2D eigenvalue weighted by atomic mass is 10.2. The molecule has 1 aliphatic heterocycles. The third-order valence-corrected chi connectivity index (χ3v) is 4.31. The van der Waals surface area contributed by atoms with Gasteiger partial charge in [0.25, 0.3) is 5.91 Å². The molecule has 7 nitrogen and oxygen atoms in total. The second kappa shape index (κ2) is 8.44. The number of nitrogens with zero attached hydrogens (tertiary/aromatic N) is 4. The first-order valence-corrected chi connectivity index (χ1v) is 8.67. The van der Waals surface area contributed by atoms with Crippen molar-refractivity contribution in [2.24, 2.45) is 0 Å². The summed E-state index contributed by atoms with van der Waals surface area (Å²) in [5.74, 6) is 0.332. The predicted octanol–water partition coefficient (Wildman–Crippen LogP) is 2.08. The van der Waals surface area contributed by atoms with Gasteiger partial charge in [-0.3, -0.25) is 4.79 Å². The Kier molecular flexibility index (Phi) is 5.80. The van der Waals surface area contributed by atoms with E-state index in [0.717, 1.165) is 31.9 Å². The van der Waals surface area contributed by atoms with Gasteiger partial charge in [-0.15, -0.1) is 6.58 Å². The van der Waals surface area contributed by atoms with Gasteiger partial charge in [-0.05, 0) is 31.3 Å². The number of nitrogens with one attached hydrogen (secondary N) is 2. The summed E-state index contributed by atoms with van der Waals surface area (Å²) in [6.07, 6.45) is 4.72. The molecule has 2 aromatic rings. The van der Waals surface area contributed by atoms with E-state index in [4.69, 9.17) is 0 Å². The molecule has 7 heteroatoms. The second-order valence-corrected chi connectivity index (χ2v) is 6.25. The number of piperazine rings is 1. The highest BCUT2D eigenvalue weighted by molar-refractivity contribution is 6.02. The monoisotopic (exact) mass is 352 g/mol. The normalized spacial score (nSPS) is 14.7. The first-order valence-electron chi connectivity index (χ1n) is 8.67. The van der Waals surface area contributed by atoms with Crippen molar-refractivity contribution in [3.63, 3.8) is 0 Å². The Bertz CT molecular complexity index is 736. The van der Waals surface area contributed by atoms with E-state index in [-0.39, 0.29) is 11.6 Å². The first kappa shape index (κ1) is 17.9. The number of likely N-dealkylation sites (N-methyl/N-ethyl adjacent to an activating group) is 1. The van der Waals surface area contributed by atoms with E-state index in [1.54, 1.807) is 6.08 Å². The summed E-state index contributed by atoms with van der Waals surface area (Å²) < 4.78 is 0. The maximum Gasteiger partial charge on any atom is 0.275 e. The molecule has 0 saturated carbocycles. The molecule has 1 amide bonds. The van der Waals surface area contributed by atoms with E-state index in [9.17, 15) is 4.79 Å². The lowest BCUT2D eigenvalue weighted by molar-refractivity contribution is 0.102. The summed E-state index contributed by atoms with van der Waals surface area (Å²) in [5.41, 5.74) is 2.19. The van der Waals surface area contributed by atoms with E-state index in [1.165, 1.54) is 18.1 Å². The fourth-order valence-corrected chi connectivity index (χ4v) is 2.73. The maximum absolute atomic E-state index is 12.3. The van der Waals surface area contributed by atoms with Gasteiger partial charge in [0.1, 0.15) is 11.5 Å². The lowest BCUT2D eigenvalue weighted by Gasteiger charge is -2.34. The second-order valence-electron chi connectivity index (χ2n) is 6.25. The Labute approximate surface area is 153 Å². The first-order chi connectivity index (χ1) is 12.7. The predicted molar refractivity (Wildman–Crippen MR) is 105 cm³/mol. The molecule has 1 aromatic carbocycles. The Balaban J connectivity index is 1.58. The Morgan fingerprint density at radius 2 is 1.88 bits per heavy atom. The molecule has 2 heterocycles. The van der Waals surface area contributed by atoms with E-state index in [0.29, 0.717) is 12.4 Å². The van der Waals surface area contributed by atoms with Crippen LogP contribution in [-0.4, -0.2) is 60.5 Å². The molecule has 1 saturated heterocycles. The van der Waals surface area contributed by atoms with E-state index in [2.05, 4.69) is 44.0 Å². The topological polar surface area (TPSA) is 73.4 Å². The quantitative estimate of drug-likeness (QED) is 0.776. The zero-order valence-corrected chi connectivity index (χ0v) is 15.0. The van der Waals surface area contributed by atoms with Crippen molar-refractivity contribution in [1.82, 2.24) is 14.9 Å². The van der Waals surface area contributed by atoms with Crippen molar-refractivity contribution in [3.05, 3.63) is 55.0 Å². The van der Waals surface area contributed by atoms with Crippen LogP contribution in [0, 0.1) is 0 Å². The summed E-state index contributed by atoms with van der Waals surface area (Å²) in [6.45, 7) is 8.39. The fourth-order valence-electron chi connectivity index (χ4n) is 2.73. The van der Waals surface area contributed by atoms with E-state index < -0.39 is 0 Å². The Morgan fingerprint density at radius 3 is 2.50 bits per heavy atom. The van der Waals surface area contributed by atoms with Crippen molar-refractivity contribution in [2.75, 3.05) is 55.3 Å². The summed E-state index contributed by atoms with van der Waals surface area (Å²) in [5, 5.41) is 5.87. The van der Waals surface area contributed by atoms with Crippen LogP contribution < -0.4 is 15.5 Å². The molecule has 0 radical (unpaired) electrons. The minimum atomic E-state index is -0.278. The van der Waals surface area contributed by atoms with Crippen molar-refractivity contribution in [2.45, 2.75) is 0 Å². The van der Waals surface area contributed by atoms with Crippen molar-refractivity contribution in [1.29, 1.82) is 0 Å². The third kappa shape index (κ3) is 4.58. The summed E-state index contributed by atoms with van der Waals surface area (Å²) in [7, 11) is 2.14. The van der Waals surface area contributed by atoms with Crippen LogP contribution in [0.4, 0.5) is 17.2 Å². The highest BCUT2D eigenvalue weighted by atomic mass is 16.1. The zero-order chi connectivity index (χ0) is 18.4. The van der Waals surface area contributed by atoms with Gasteiger partial charge in [-0.25, -0.2) is 9.97 Å². The number of amides is 1. The molecule has 3 rings (SSSR count). The van der Waals surface area contributed by atoms with Crippen molar-refractivity contribution >= 4 is 23.1 Å². The summed E-state index contributed by atoms with van der Waals surface area (Å²) in [4.78, 5) is 25.3. The average molecular weight is 352 g/mol. The van der Waals surface area contributed by atoms with Gasteiger partial charge in [0, 0.05) is 44.1 Å². The number of benzene rings is 1. The van der Waals surface area contributed by atoms with Crippen LogP contribution in [-0.2, 0) is 0 Å². The van der Waals surface area contributed by atoms with Gasteiger partial charge in [0.2, 0.25) is 0 Å². The lowest BCUT2D eigenvalue weighted by Crippen LogP contribution is -2.44. The number of hydrogen-bond donors (Lipinski definition) is 2. The van der Waals surface area contributed by atoms with Crippen LogP contribution in [0.3, 0.4) is 0 Å². The SMILES string of the molecule is C=CCNc1cnc(C(=O)Nc2ccc(N3CCN(C)CC3)cc2)cn1. The number of rotatable bonds is 6. The molecule has 1 fully saturated rings. The van der Waals surface area contributed by atoms with Gasteiger partial charge < -0.3 is 20.4 Å². The highest BCUT2D eigenvalue weighted by Gasteiger charge is 2.14. The highest BCUT2D eigenvalue weighted by Crippen LogP contribution is 2.19. The van der Waals surface area contributed by atoms with Gasteiger partial charge in [0.15, 0.2) is 0 Å². The Hall–Kier alpha value is -2.93. The molecule has 2 N–H and O–H groups in total. The van der Waals surface area contributed by atoms with Crippen LogP contribution in [0.2, 0.25) is 0 Å². The van der Waals surface area contributed by atoms with Crippen LogP contribution in [0.25, 0.3) is 0 Å². The number of anilines is 3. The van der Waals surface area contributed by atoms with E-state index >= 15 is 0 Å². The molecule has 1 aliphatic rings. The molecule has 0 aliphatic carbocycles. The number of hydrogen-bond acceptors (Lipinski definition) is 6. The van der Waals surface area contributed by atoms with Gasteiger partial charge >= 0.3 is 0 Å². The molecule has 1 aromatic heterocycles. The molecule has 26 heavy (non-hydrogen) atoms. The zero-order valence-electron chi connectivity index (χ0n) is 15.0. The number of aromatic nitrogens is 2. The van der Waals surface area contributed by atoms with Gasteiger partial charge in [-0.1, -0.05) is 6.08 Å². The maximum atomic E-state index is 12.3. The summed E-state index contributed by atoms with van der Waals surface area (Å²) in [6, 6.07) is 7.90. The summed E-state index contributed by atoms with van der Waals surface area (Å²) >= 11 is 0. The van der Waals surface area contributed by atoms with Crippen LogP contribution in [0.5, 0.6) is 0 Å². The van der Waals surface area contributed by atoms with Crippen LogP contribution in [0.1, 0.15) is 10.5 Å².